The third-order valence-corrected chi connectivity index (χ3v) is 4.94. The fraction of sp³-hybridized carbons (Fsp3) is 0.263. The molecule has 0 atom stereocenters. The topological polar surface area (TPSA) is 51.1 Å². The summed E-state index contributed by atoms with van der Waals surface area (Å²) in [6.07, 6.45) is 0. The lowest BCUT2D eigenvalue weighted by Crippen LogP contribution is -2.32. The van der Waals surface area contributed by atoms with Crippen LogP contribution >= 0.6 is 11.8 Å². The molecule has 0 fully saturated rings. The van der Waals surface area contributed by atoms with E-state index >= 15 is 0 Å². The summed E-state index contributed by atoms with van der Waals surface area (Å²) in [5.41, 5.74) is 1.74. The number of amidine groups is 1. The zero-order chi connectivity index (χ0) is 17.6. The Bertz CT molecular complexity index is 755. The molecule has 0 bridgehead atoms. The Morgan fingerprint density at radius 2 is 1.80 bits per heavy atom. The lowest BCUT2D eigenvalue weighted by Gasteiger charge is -2.18. The van der Waals surface area contributed by atoms with Gasteiger partial charge in [0.1, 0.15) is 11.5 Å². The molecule has 0 spiro atoms. The fourth-order valence-corrected chi connectivity index (χ4v) is 3.55. The van der Waals surface area contributed by atoms with Gasteiger partial charge in [0.2, 0.25) is 0 Å². The summed E-state index contributed by atoms with van der Waals surface area (Å²) in [5, 5.41) is 0.760. The normalized spacial score (nSPS) is 13.5. The van der Waals surface area contributed by atoms with Crippen molar-refractivity contribution in [3.63, 3.8) is 0 Å². The van der Waals surface area contributed by atoms with Crippen molar-refractivity contribution in [1.82, 2.24) is 4.90 Å². The number of nitrogens with zero attached hydrogens (tertiary/aromatic N) is 2. The number of thioether (sulfide) groups is 1. The number of hydrogen-bond donors (Lipinski definition) is 0. The predicted octanol–water partition coefficient (Wildman–Crippen LogP) is 3.45. The van der Waals surface area contributed by atoms with Crippen molar-refractivity contribution in [3.8, 4) is 11.5 Å². The molecule has 2 aromatic carbocycles. The first-order valence-corrected chi connectivity index (χ1v) is 8.96. The lowest BCUT2D eigenvalue weighted by atomic mass is 10.1. The van der Waals surface area contributed by atoms with E-state index in [4.69, 9.17) is 9.47 Å². The smallest absolute Gasteiger partial charge is 0.260 e. The van der Waals surface area contributed by atoms with Crippen molar-refractivity contribution in [2.75, 3.05) is 27.3 Å². The Morgan fingerprint density at radius 1 is 1.12 bits per heavy atom. The number of carbonyl (C=O) groups excluding carboxylic acids is 1. The van der Waals surface area contributed by atoms with Gasteiger partial charge in [-0.05, 0) is 17.7 Å². The molecular weight excluding hydrogens is 336 g/mol. The van der Waals surface area contributed by atoms with Crippen LogP contribution in [0.5, 0.6) is 11.5 Å². The second kappa shape index (κ2) is 8.07. The van der Waals surface area contributed by atoms with Crippen LogP contribution in [-0.4, -0.2) is 43.3 Å². The molecule has 5 nitrogen and oxygen atoms in total. The van der Waals surface area contributed by atoms with E-state index in [1.54, 1.807) is 49.1 Å². The Morgan fingerprint density at radius 3 is 2.44 bits per heavy atom. The van der Waals surface area contributed by atoms with E-state index in [0.717, 1.165) is 10.9 Å². The molecular formula is C19H20N2O3S. The van der Waals surface area contributed by atoms with Gasteiger partial charge in [-0.1, -0.05) is 42.1 Å². The Labute approximate surface area is 151 Å². The van der Waals surface area contributed by atoms with Gasteiger partial charge in [0.15, 0.2) is 5.17 Å². The molecule has 1 heterocycles. The highest BCUT2D eigenvalue weighted by molar-refractivity contribution is 8.13. The van der Waals surface area contributed by atoms with E-state index in [2.05, 4.69) is 17.1 Å². The molecule has 1 aliphatic heterocycles. The highest BCUT2D eigenvalue weighted by Gasteiger charge is 2.26. The Balaban J connectivity index is 1.74. The molecule has 0 unspecified atom stereocenters. The SMILES string of the molecule is COc1cc(OC)cc(C(=O)N2CCN=C2SCc2ccccc2)c1. The van der Waals surface area contributed by atoms with Gasteiger partial charge in [0.25, 0.3) is 5.91 Å². The fourth-order valence-electron chi connectivity index (χ4n) is 2.55. The number of rotatable bonds is 5. The number of amides is 1. The van der Waals surface area contributed by atoms with E-state index < -0.39 is 0 Å². The highest BCUT2D eigenvalue weighted by Crippen LogP contribution is 2.26. The van der Waals surface area contributed by atoms with Gasteiger partial charge in [0.05, 0.1) is 20.8 Å². The number of methoxy groups -OCH3 is 2. The van der Waals surface area contributed by atoms with E-state index in [-0.39, 0.29) is 5.91 Å². The summed E-state index contributed by atoms with van der Waals surface area (Å²) in [5.74, 6) is 1.88. The molecule has 0 radical (unpaired) electrons. The first-order valence-electron chi connectivity index (χ1n) is 7.97. The van der Waals surface area contributed by atoms with E-state index in [9.17, 15) is 4.79 Å². The molecule has 25 heavy (non-hydrogen) atoms. The van der Waals surface area contributed by atoms with Crippen LogP contribution in [0.3, 0.4) is 0 Å². The van der Waals surface area contributed by atoms with Gasteiger partial charge in [-0.15, -0.1) is 0 Å². The summed E-state index contributed by atoms with van der Waals surface area (Å²) in [6, 6.07) is 15.4. The van der Waals surface area contributed by atoms with Gasteiger partial charge < -0.3 is 9.47 Å². The number of ether oxygens (including phenoxy) is 2. The maximum Gasteiger partial charge on any atom is 0.260 e. The summed E-state index contributed by atoms with van der Waals surface area (Å²) in [6.45, 7) is 1.22. The predicted molar refractivity (Wildman–Crippen MR) is 101 cm³/mol. The van der Waals surface area contributed by atoms with Crippen molar-refractivity contribution in [2.24, 2.45) is 4.99 Å². The molecule has 0 N–H and O–H groups in total. The van der Waals surface area contributed by atoms with Crippen molar-refractivity contribution >= 4 is 22.8 Å². The van der Waals surface area contributed by atoms with E-state index in [0.29, 0.717) is 30.2 Å². The second-order valence-corrected chi connectivity index (χ2v) is 6.44. The van der Waals surface area contributed by atoms with Crippen LogP contribution in [0.2, 0.25) is 0 Å². The van der Waals surface area contributed by atoms with E-state index in [1.165, 1.54) is 5.56 Å². The van der Waals surface area contributed by atoms with Gasteiger partial charge in [-0.2, -0.15) is 0 Å². The zero-order valence-electron chi connectivity index (χ0n) is 14.3. The summed E-state index contributed by atoms with van der Waals surface area (Å²) < 4.78 is 10.5. The van der Waals surface area contributed by atoms with Crippen LogP contribution in [0.1, 0.15) is 15.9 Å². The van der Waals surface area contributed by atoms with Crippen molar-refractivity contribution < 1.29 is 14.3 Å². The third kappa shape index (κ3) is 4.14. The van der Waals surface area contributed by atoms with Gasteiger partial charge in [-0.3, -0.25) is 14.7 Å². The number of carbonyl (C=O) groups is 1. The number of aliphatic imine (C=N–C) groups is 1. The quantitative estimate of drug-likeness (QED) is 0.823. The molecule has 2 aromatic rings. The Kier molecular flexibility index (Phi) is 5.60. The van der Waals surface area contributed by atoms with Crippen molar-refractivity contribution in [1.29, 1.82) is 0 Å². The maximum absolute atomic E-state index is 12.9. The molecule has 1 aliphatic rings. The minimum absolute atomic E-state index is 0.0889. The van der Waals surface area contributed by atoms with Gasteiger partial charge in [0, 0.05) is 23.9 Å². The molecule has 6 heteroatoms. The Hall–Kier alpha value is -2.47. The average Bonchev–Trinajstić information content (AvgIpc) is 3.14. The van der Waals surface area contributed by atoms with Crippen LogP contribution in [-0.2, 0) is 5.75 Å². The van der Waals surface area contributed by atoms with Gasteiger partial charge >= 0.3 is 0 Å². The minimum Gasteiger partial charge on any atom is -0.497 e. The van der Waals surface area contributed by atoms with Gasteiger partial charge in [-0.25, -0.2) is 0 Å². The van der Waals surface area contributed by atoms with Crippen LogP contribution in [0, 0.1) is 0 Å². The summed E-state index contributed by atoms with van der Waals surface area (Å²) >= 11 is 1.58. The standard InChI is InChI=1S/C19H20N2O3S/c1-23-16-10-15(11-17(12-16)24-2)18(22)21-9-8-20-19(21)25-13-14-6-4-3-5-7-14/h3-7,10-12H,8-9,13H2,1-2H3. The maximum atomic E-state index is 12.9. The lowest BCUT2D eigenvalue weighted by molar-refractivity contribution is 0.0860. The van der Waals surface area contributed by atoms with Crippen LogP contribution in [0.15, 0.2) is 53.5 Å². The van der Waals surface area contributed by atoms with Crippen molar-refractivity contribution in [3.05, 3.63) is 59.7 Å². The van der Waals surface area contributed by atoms with Crippen molar-refractivity contribution in [2.45, 2.75) is 5.75 Å². The monoisotopic (exact) mass is 356 g/mol. The summed E-state index contributed by atoms with van der Waals surface area (Å²) in [4.78, 5) is 19.1. The molecule has 1 amide bonds. The van der Waals surface area contributed by atoms with Crippen LogP contribution in [0.4, 0.5) is 0 Å². The number of benzene rings is 2. The summed E-state index contributed by atoms with van der Waals surface area (Å²) in [7, 11) is 3.14. The first kappa shape index (κ1) is 17.4. The first-order chi connectivity index (χ1) is 12.2. The van der Waals surface area contributed by atoms with Crippen LogP contribution < -0.4 is 9.47 Å². The minimum atomic E-state index is -0.0889. The number of hydrogen-bond acceptors (Lipinski definition) is 5. The average molecular weight is 356 g/mol. The highest BCUT2D eigenvalue weighted by atomic mass is 32.2. The van der Waals surface area contributed by atoms with Crippen LogP contribution in [0.25, 0.3) is 0 Å². The molecule has 0 saturated heterocycles. The third-order valence-electron chi connectivity index (χ3n) is 3.86. The van der Waals surface area contributed by atoms with E-state index in [1.807, 2.05) is 18.2 Å². The molecule has 0 aromatic heterocycles. The largest absolute Gasteiger partial charge is 0.497 e. The molecule has 3 rings (SSSR count). The second-order valence-electron chi connectivity index (χ2n) is 5.50. The molecule has 0 aliphatic carbocycles. The molecule has 0 saturated carbocycles. The molecule has 130 valence electrons. The zero-order valence-corrected chi connectivity index (χ0v) is 15.1.